The van der Waals surface area contributed by atoms with E-state index in [0.717, 1.165) is 4.47 Å². The van der Waals surface area contributed by atoms with E-state index in [-0.39, 0.29) is 24.2 Å². The minimum atomic E-state index is -1.03. The first-order valence-electron chi connectivity index (χ1n) is 7.86. The SMILES string of the molecule is O=C(O)Cc1cc(-c2ccc(Br)cc2)c(=O)n(Cc2ccc(Cl)cc2Cl)n1. The first-order chi connectivity index (χ1) is 12.8. The number of aromatic nitrogens is 2. The van der Waals surface area contributed by atoms with Gasteiger partial charge in [0.15, 0.2) is 0 Å². The minimum absolute atomic E-state index is 0.103. The van der Waals surface area contributed by atoms with Crippen LogP contribution in [0.1, 0.15) is 11.3 Å². The molecule has 3 rings (SSSR count). The van der Waals surface area contributed by atoms with Crippen molar-refractivity contribution in [1.29, 1.82) is 0 Å². The molecular weight excluding hydrogens is 455 g/mol. The second-order valence-corrected chi connectivity index (χ2v) is 7.58. The van der Waals surface area contributed by atoms with Crippen molar-refractivity contribution < 1.29 is 9.90 Å². The van der Waals surface area contributed by atoms with Crippen molar-refractivity contribution in [3.05, 3.63) is 84.7 Å². The molecule has 2 aromatic carbocycles. The van der Waals surface area contributed by atoms with Crippen LogP contribution in [0.15, 0.2) is 57.8 Å². The number of benzene rings is 2. The summed E-state index contributed by atoms with van der Waals surface area (Å²) in [5.41, 5.74) is 1.65. The first kappa shape index (κ1) is 19.6. The highest BCUT2D eigenvalue weighted by Crippen LogP contribution is 2.23. The lowest BCUT2D eigenvalue weighted by Gasteiger charge is -2.11. The van der Waals surface area contributed by atoms with Crippen LogP contribution in [0, 0.1) is 0 Å². The van der Waals surface area contributed by atoms with Crippen molar-refractivity contribution in [2.75, 3.05) is 0 Å². The lowest BCUT2D eigenvalue weighted by atomic mass is 10.1. The second-order valence-electron chi connectivity index (χ2n) is 5.83. The molecule has 5 nitrogen and oxygen atoms in total. The average Bonchev–Trinajstić information content (AvgIpc) is 2.60. The van der Waals surface area contributed by atoms with Crippen molar-refractivity contribution in [3.63, 3.8) is 0 Å². The molecule has 0 aliphatic heterocycles. The predicted molar refractivity (Wildman–Crippen MR) is 109 cm³/mol. The van der Waals surface area contributed by atoms with Gasteiger partial charge in [0.2, 0.25) is 0 Å². The zero-order valence-electron chi connectivity index (χ0n) is 13.8. The number of hydrogen-bond donors (Lipinski definition) is 1. The molecule has 0 fully saturated rings. The van der Waals surface area contributed by atoms with Crippen LogP contribution in [0.25, 0.3) is 11.1 Å². The van der Waals surface area contributed by atoms with Gasteiger partial charge in [-0.2, -0.15) is 5.10 Å². The van der Waals surface area contributed by atoms with E-state index in [4.69, 9.17) is 28.3 Å². The molecule has 1 N–H and O–H groups in total. The Morgan fingerprint density at radius 2 is 1.81 bits per heavy atom. The highest BCUT2D eigenvalue weighted by Gasteiger charge is 2.14. The Balaban J connectivity index is 2.11. The largest absolute Gasteiger partial charge is 0.481 e. The molecule has 0 spiro atoms. The fourth-order valence-electron chi connectivity index (χ4n) is 2.59. The third kappa shape index (κ3) is 4.77. The van der Waals surface area contributed by atoms with Gasteiger partial charge in [-0.3, -0.25) is 9.59 Å². The molecule has 1 aromatic heterocycles. The van der Waals surface area contributed by atoms with E-state index in [9.17, 15) is 9.59 Å². The van der Waals surface area contributed by atoms with Gasteiger partial charge in [-0.15, -0.1) is 0 Å². The molecular formula is C19H13BrCl2N2O3. The van der Waals surface area contributed by atoms with Gasteiger partial charge in [0.05, 0.1) is 24.2 Å². The zero-order chi connectivity index (χ0) is 19.6. The summed E-state index contributed by atoms with van der Waals surface area (Å²) in [5, 5.41) is 14.2. The van der Waals surface area contributed by atoms with Gasteiger partial charge >= 0.3 is 5.97 Å². The molecule has 0 radical (unpaired) electrons. The maximum absolute atomic E-state index is 12.9. The first-order valence-corrected chi connectivity index (χ1v) is 9.41. The van der Waals surface area contributed by atoms with Crippen LogP contribution in [0.4, 0.5) is 0 Å². The Hall–Kier alpha value is -2.15. The Bertz CT molecular complexity index is 1070. The zero-order valence-corrected chi connectivity index (χ0v) is 16.9. The van der Waals surface area contributed by atoms with Crippen molar-refractivity contribution in [1.82, 2.24) is 9.78 Å². The number of halogens is 3. The van der Waals surface area contributed by atoms with Gasteiger partial charge in [0.25, 0.3) is 5.56 Å². The van der Waals surface area contributed by atoms with E-state index < -0.39 is 5.97 Å². The summed E-state index contributed by atoms with van der Waals surface area (Å²) in [4.78, 5) is 24.1. The van der Waals surface area contributed by atoms with Gasteiger partial charge in [-0.25, -0.2) is 4.68 Å². The van der Waals surface area contributed by atoms with E-state index in [1.807, 2.05) is 12.1 Å². The molecule has 1 heterocycles. The lowest BCUT2D eigenvalue weighted by Crippen LogP contribution is -2.27. The number of carbonyl (C=O) groups is 1. The summed E-state index contributed by atoms with van der Waals surface area (Å²) in [6.45, 7) is 0.103. The molecule has 3 aromatic rings. The molecule has 0 bridgehead atoms. The van der Waals surface area contributed by atoms with Gasteiger partial charge in [-0.05, 0) is 41.5 Å². The summed E-state index contributed by atoms with van der Waals surface area (Å²) in [7, 11) is 0. The topological polar surface area (TPSA) is 72.2 Å². The Kier molecular flexibility index (Phi) is 5.99. The standard InChI is InChI=1S/C19H13BrCl2N2O3/c20-13-4-1-11(2-5-13)16-8-15(9-18(25)26)23-24(19(16)27)10-12-3-6-14(21)7-17(12)22/h1-8H,9-10H2,(H,25,26). The van der Waals surface area contributed by atoms with Gasteiger partial charge < -0.3 is 5.11 Å². The summed E-state index contributed by atoms with van der Waals surface area (Å²) in [6, 6.07) is 13.7. The van der Waals surface area contributed by atoms with Crippen LogP contribution < -0.4 is 5.56 Å². The van der Waals surface area contributed by atoms with E-state index in [1.54, 1.807) is 30.3 Å². The van der Waals surface area contributed by atoms with E-state index in [0.29, 0.717) is 26.7 Å². The lowest BCUT2D eigenvalue weighted by molar-refractivity contribution is -0.136. The molecule has 0 atom stereocenters. The van der Waals surface area contributed by atoms with Crippen LogP contribution in [0.5, 0.6) is 0 Å². The van der Waals surface area contributed by atoms with E-state index in [1.165, 1.54) is 10.7 Å². The summed E-state index contributed by atoms with van der Waals surface area (Å²) >= 11 is 15.5. The Labute approximate surface area is 173 Å². The molecule has 138 valence electrons. The number of nitrogens with zero attached hydrogens (tertiary/aromatic N) is 2. The third-order valence-electron chi connectivity index (χ3n) is 3.85. The molecule has 0 aliphatic rings. The highest BCUT2D eigenvalue weighted by molar-refractivity contribution is 9.10. The number of hydrogen-bond acceptors (Lipinski definition) is 3. The van der Waals surface area contributed by atoms with Crippen molar-refractivity contribution in [2.45, 2.75) is 13.0 Å². The fourth-order valence-corrected chi connectivity index (χ4v) is 3.33. The maximum atomic E-state index is 12.9. The van der Waals surface area contributed by atoms with Gasteiger partial charge in [0.1, 0.15) is 0 Å². The van der Waals surface area contributed by atoms with Crippen LogP contribution in [0.3, 0.4) is 0 Å². The summed E-state index contributed by atoms with van der Waals surface area (Å²) in [6.07, 6.45) is -0.293. The van der Waals surface area contributed by atoms with Crippen LogP contribution in [0.2, 0.25) is 10.0 Å². The predicted octanol–water partition coefficient (Wildman–Crippen LogP) is 4.66. The van der Waals surface area contributed by atoms with Crippen molar-refractivity contribution >= 4 is 45.1 Å². The average molecular weight is 468 g/mol. The molecule has 0 unspecified atom stereocenters. The molecule has 0 aliphatic carbocycles. The highest BCUT2D eigenvalue weighted by atomic mass is 79.9. The molecule has 0 saturated carbocycles. The minimum Gasteiger partial charge on any atom is -0.481 e. The molecule has 8 heteroatoms. The Morgan fingerprint density at radius 3 is 2.44 bits per heavy atom. The Morgan fingerprint density at radius 1 is 1.11 bits per heavy atom. The second kappa shape index (κ2) is 8.25. The molecule has 0 saturated heterocycles. The van der Waals surface area contributed by atoms with E-state index in [2.05, 4.69) is 21.0 Å². The van der Waals surface area contributed by atoms with Crippen LogP contribution in [-0.4, -0.2) is 20.9 Å². The summed E-state index contributed by atoms with van der Waals surface area (Å²) in [5.74, 6) is -1.03. The molecule has 27 heavy (non-hydrogen) atoms. The quantitative estimate of drug-likeness (QED) is 0.592. The van der Waals surface area contributed by atoms with Crippen molar-refractivity contribution in [2.24, 2.45) is 0 Å². The number of aliphatic carboxylic acids is 1. The third-order valence-corrected chi connectivity index (χ3v) is 4.96. The van der Waals surface area contributed by atoms with Gasteiger partial charge in [-0.1, -0.05) is 57.3 Å². The normalized spacial score (nSPS) is 10.8. The molecule has 0 amide bonds. The monoisotopic (exact) mass is 466 g/mol. The van der Waals surface area contributed by atoms with Crippen molar-refractivity contribution in [3.8, 4) is 11.1 Å². The number of carboxylic acids is 1. The van der Waals surface area contributed by atoms with Crippen LogP contribution in [-0.2, 0) is 17.8 Å². The fraction of sp³-hybridized carbons (Fsp3) is 0.105. The summed E-state index contributed by atoms with van der Waals surface area (Å²) < 4.78 is 2.10. The maximum Gasteiger partial charge on any atom is 0.309 e. The van der Waals surface area contributed by atoms with E-state index >= 15 is 0 Å². The smallest absolute Gasteiger partial charge is 0.309 e. The van der Waals surface area contributed by atoms with Gasteiger partial charge in [0, 0.05) is 14.5 Å². The number of carboxylic acid groups (broad SMARTS) is 1. The van der Waals surface area contributed by atoms with Crippen LogP contribution >= 0.6 is 39.1 Å². The number of rotatable bonds is 5.